The fraction of sp³-hybridized carbons (Fsp3) is 0.200. The maximum atomic E-state index is 4.59. The SMILES string of the molecule is CC1=C=COC=N1. The highest BCUT2D eigenvalue weighted by Gasteiger charge is 1.80. The molecule has 2 heteroatoms. The Bertz CT molecular complexity index is 151. The van der Waals surface area contributed by atoms with Gasteiger partial charge in [-0.2, -0.15) is 0 Å². The summed E-state index contributed by atoms with van der Waals surface area (Å²) in [7, 11) is 0. The molecule has 0 aliphatic carbocycles. The van der Waals surface area contributed by atoms with Crippen molar-refractivity contribution in [2.24, 2.45) is 4.99 Å². The molecule has 0 aromatic carbocycles. The van der Waals surface area contributed by atoms with Crippen molar-refractivity contribution in [1.82, 2.24) is 0 Å². The molecule has 0 saturated heterocycles. The quantitative estimate of drug-likeness (QED) is 0.412. The molecule has 0 aromatic rings. The van der Waals surface area contributed by atoms with Crippen LogP contribution in [0, 0.1) is 0 Å². The minimum Gasteiger partial charge on any atom is -0.445 e. The predicted octanol–water partition coefficient (Wildman–Crippen LogP) is 1.06. The molecule has 0 radical (unpaired) electrons. The number of ether oxygens (including phenoxy) is 1. The number of nitrogens with zero attached hydrogens (tertiary/aromatic N) is 1. The van der Waals surface area contributed by atoms with Crippen LogP contribution in [0.1, 0.15) is 6.92 Å². The first kappa shape index (κ1) is 4.16. The molecule has 0 spiro atoms. The second-order valence-corrected chi connectivity index (χ2v) is 1.22. The van der Waals surface area contributed by atoms with Gasteiger partial charge < -0.3 is 4.74 Å². The van der Waals surface area contributed by atoms with Gasteiger partial charge in [0, 0.05) is 0 Å². The molecule has 1 aliphatic heterocycles. The lowest BCUT2D eigenvalue weighted by Crippen LogP contribution is -1.80. The molecule has 0 atom stereocenters. The summed E-state index contributed by atoms with van der Waals surface area (Å²) in [6, 6.07) is 0. The Morgan fingerprint density at radius 1 is 1.86 bits per heavy atom. The first-order chi connectivity index (χ1) is 3.39. The maximum Gasteiger partial charge on any atom is 0.182 e. The second-order valence-electron chi connectivity index (χ2n) is 1.22. The highest BCUT2D eigenvalue weighted by atomic mass is 16.5. The zero-order valence-electron chi connectivity index (χ0n) is 4.01. The monoisotopic (exact) mass is 95.0 g/mol. The van der Waals surface area contributed by atoms with E-state index < -0.39 is 0 Å². The molecule has 7 heavy (non-hydrogen) atoms. The molecular formula is C5H5NO. The van der Waals surface area contributed by atoms with E-state index in [2.05, 4.69) is 15.5 Å². The lowest BCUT2D eigenvalue weighted by Gasteiger charge is -1.90. The fourth-order valence-electron chi connectivity index (χ4n) is 0.296. The molecule has 1 heterocycles. The van der Waals surface area contributed by atoms with Crippen molar-refractivity contribution in [1.29, 1.82) is 0 Å². The Labute approximate surface area is 41.8 Å². The highest BCUT2D eigenvalue weighted by Crippen LogP contribution is 1.93. The van der Waals surface area contributed by atoms with Crippen LogP contribution in [0.4, 0.5) is 0 Å². The molecule has 2 nitrogen and oxygen atoms in total. The molecule has 1 aliphatic rings. The van der Waals surface area contributed by atoms with E-state index in [4.69, 9.17) is 0 Å². The van der Waals surface area contributed by atoms with Crippen molar-refractivity contribution in [3.8, 4) is 0 Å². The summed E-state index contributed by atoms with van der Waals surface area (Å²) in [4.78, 5) is 3.76. The largest absolute Gasteiger partial charge is 0.445 e. The van der Waals surface area contributed by atoms with Crippen LogP contribution < -0.4 is 0 Å². The number of allylic oxidation sites excluding steroid dienone is 1. The molecule has 1 rings (SSSR count). The van der Waals surface area contributed by atoms with Gasteiger partial charge in [0.05, 0.1) is 5.70 Å². The van der Waals surface area contributed by atoms with Gasteiger partial charge in [-0.1, -0.05) is 5.73 Å². The zero-order chi connectivity index (χ0) is 5.11. The van der Waals surface area contributed by atoms with Crippen molar-refractivity contribution in [3.63, 3.8) is 0 Å². The zero-order valence-corrected chi connectivity index (χ0v) is 4.01. The van der Waals surface area contributed by atoms with Gasteiger partial charge in [-0.15, -0.1) is 0 Å². The number of aliphatic imine (C=N–C) groups is 1. The second kappa shape index (κ2) is 1.63. The average Bonchev–Trinajstić information content (AvgIpc) is 1.69. The maximum absolute atomic E-state index is 4.59. The normalized spacial score (nSPS) is 15.9. The first-order valence-corrected chi connectivity index (χ1v) is 1.99. The summed E-state index contributed by atoms with van der Waals surface area (Å²) in [5, 5.41) is 0. The topological polar surface area (TPSA) is 21.6 Å². The smallest absolute Gasteiger partial charge is 0.182 e. The van der Waals surface area contributed by atoms with Crippen LogP contribution in [0.25, 0.3) is 0 Å². The van der Waals surface area contributed by atoms with E-state index in [0.717, 1.165) is 5.70 Å². The van der Waals surface area contributed by atoms with E-state index in [1.54, 1.807) is 0 Å². The van der Waals surface area contributed by atoms with Crippen molar-refractivity contribution in [2.45, 2.75) is 6.92 Å². The van der Waals surface area contributed by atoms with Crippen molar-refractivity contribution in [2.75, 3.05) is 0 Å². The molecule has 0 fully saturated rings. The van der Waals surface area contributed by atoms with E-state index >= 15 is 0 Å². The Balaban J connectivity index is 2.89. The molecule has 0 N–H and O–H groups in total. The van der Waals surface area contributed by atoms with Crippen LogP contribution in [0.15, 0.2) is 22.7 Å². The number of rotatable bonds is 0. The van der Waals surface area contributed by atoms with Crippen molar-refractivity contribution in [3.05, 3.63) is 17.7 Å². The van der Waals surface area contributed by atoms with Crippen LogP contribution in [-0.2, 0) is 4.74 Å². The third-order valence-electron chi connectivity index (χ3n) is 0.643. The van der Waals surface area contributed by atoms with E-state index in [-0.39, 0.29) is 0 Å². The van der Waals surface area contributed by atoms with Gasteiger partial charge in [0.15, 0.2) is 6.40 Å². The van der Waals surface area contributed by atoms with E-state index in [1.807, 2.05) is 6.92 Å². The highest BCUT2D eigenvalue weighted by molar-refractivity contribution is 5.50. The predicted molar refractivity (Wildman–Crippen MR) is 26.8 cm³/mol. The van der Waals surface area contributed by atoms with E-state index in [9.17, 15) is 0 Å². The Hall–Kier alpha value is -1.01. The number of hydrogen-bond donors (Lipinski definition) is 0. The van der Waals surface area contributed by atoms with Crippen molar-refractivity contribution < 1.29 is 4.74 Å². The molecule has 0 saturated carbocycles. The van der Waals surface area contributed by atoms with Crippen LogP contribution >= 0.6 is 0 Å². The van der Waals surface area contributed by atoms with Crippen molar-refractivity contribution >= 4 is 6.40 Å². The van der Waals surface area contributed by atoms with Gasteiger partial charge >= 0.3 is 0 Å². The number of hydrogen-bond acceptors (Lipinski definition) is 2. The van der Waals surface area contributed by atoms with Crippen LogP contribution in [0.2, 0.25) is 0 Å². The van der Waals surface area contributed by atoms with E-state index in [1.165, 1.54) is 12.7 Å². The molecule has 36 valence electrons. The Morgan fingerprint density at radius 3 is 3.00 bits per heavy atom. The van der Waals surface area contributed by atoms with Crippen LogP contribution in [0.5, 0.6) is 0 Å². The molecular weight excluding hydrogens is 90.1 g/mol. The van der Waals surface area contributed by atoms with Crippen LogP contribution in [-0.4, -0.2) is 6.40 Å². The van der Waals surface area contributed by atoms with Gasteiger partial charge in [-0.05, 0) is 6.92 Å². The van der Waals surface area contributed by atoms with Gasteiger partial charge in [0.25, 0.3) is 0 Å². The summed E-state index contributed by atoms with van der Waals surface area (Å²) < 4.78 is 4.59. The van der Waals surface area contributed by atoms with Gasteiger partial charge in [0.1, 0.15) is 6.26 Å². The van der Waals surface area contributed by atoms with E-state index in [0.29, 0.717) is 0 Å². The minimum atomic E-state index is 0.853. The molecule has 0 bridgehead atoms. The Morgan fingerprint density at radius 2 is 2.71 bits per heavy atom. The fourth-order valence-corrected chi connectivity index (χ4v) is 0.296. The first-order valence-electron chi connectivity index (χ1n) is 1.99. The van der Waals surface area contributed by atoms with Crippen LogP contribution in [0.3, 0.4) is 0 Å². The average molecular weight is 95.1 g/mol. The van der Waals surface area contributed by atoms with Gasteiger partial charge in [-0.25, -0.2) is 4.99 Å². The molecule has 0 amide bonds. The van der Waals surface area contributed by atoms with Gasteiger partial charge in [-0.3, -0.25) is 0 Å². The lowest BCUT2D eigenvalue weighted by atomic mass is 10.5. The standard InChI is InChI=1S/C5H5NO/c1-5-2-3-7-4-6-5/h3-4H,1H3. The van der Waals surface area contributed by atoms with Gasteiger partial charge in [0.2, 0.25) is 0 Å². The summed E-state index contributed by atoms with van der Waals surface area (Å²) in [6.07, 6.45) is 2.86. The summed E-state index contributed by atoms with van der Waals surface area (Å²) >= 11 is 0. The third kappa shape index (κ3) is 0.913. The third-order valence-corrected chi connectivity index (χ3v) is 0.643. The Kier molecular flexibility index (Phi) is 0.966. The summed E-state index contributed by atoms with van der Waals surface area (Å²) in [5.74, 6) is 0. The molecule has 0 aromatic heterocycles. The molecule has 0 unspecified atom stereocenters. The summed E-state index contributed by atoms with van der Waals surface area (Å²) in [5.41, 5.74) is 3.61. The summed E-state index contributed by atoms with van der Waals surface area (Å²) in [6.45, 7) is 1.86. The lowest BCUT2D eigenvalue weighted by molar-refractivity contribution is 0.489. The minimum absolute atomic E-state index is 0.853.